The first-order chi connectivity index (χ1) is 18.0. The molecule has 37 heavy (non-hydrogen) atoms. The first kappa shape index (κ1) is 22.1. The average Bonchev–Trinajstić information content (AvgIpc) is 3.18. The van der Waals surface area contributed by atoms with Crippen molar-refractivity contribution >= 4 is 5.57 Å². The minimum Gasteiger partial charge on any atom is -0.449 e. The summed E-state index contributed by atoms with van der Waals surface area (Å²) in [7, 11) is 0. The van der Waals surface area contributed by atoms with E-state index in [1.807, 2.05) is 30.3 Å². The second-order valence-electron chi connectivity index (χ2n) is 10.6. The van der Waals surface area contributed by atoms with Crippen molar-refractivity contribution in [1.82, 2.24) is 0 Å². The van der Waals surface area contributed by atoms with Crippen LogP contribution >= 0.6 is 0 Å². The molecule has 0 spiro atoms. The zero-order valence-electron chi connectivity index (χ0n) is 21.1. The highest BCUT2D eigenvalue weighted by Gasteiger charge is 2.41. The van der Waals surface area contributed by atoms with Crippen molar-refractivity contribution in [2.24, 2.45) is 5.73 Å². The van der Waals surface area contributed by atoms with E-state index in [-0.39, 0.29) is 11.5 Å². The van der Waals surface area contributed by atoms with Crippen molar-refractivity contribution in [3.05, 3.63) is 125 Å². The maximum atomic E-state index is 6.66. The smallest absolute Gasteiger partial charge is 0.177 e. The van der Waals surface area contributed by atoms with Crippen LogP contribution in [-0.2, 0) is 5.41 Å². The molecule has 2 aliphatic carbocycles. The SMILES string of the molecule is CC1(C)C2=C(CCC=C2)c2c1ccc1c2Oc2cccc(-c3cccc(C(N)c4ccccc4)c3)c2O1. The van der Waals surface area contributed by atoms with Gasteiger partial charge in [0, 0.05) is 16.5 Å². The van der Waals surface area contributed by atoms with E-state index >= 15 is 0 Å². The Morgan fingerprint density at radius 1 is 0.784 bits per heavy atom. The van der Waals surface area contributed by atoms with Crippen LogP contribution in [0.3, 0.4) is 0 Å². The molecule has 4 aromatic rings. The summed E-state index contributed by atoms with van der Waals surface area (Å²) in [5, 5.41) is 0. The highest BCUT2D eigenvalue weighted by molar-refractivity contribution is 5.89. The Morgan fingerprint density at radius 2 is 1.54 bits per heavy atom. The van der Waals surface area contributed by atoms with Crippen molar-refractivity contribution in [3.63, 3.8) is 0 Å². The van der Waals surface area contributed by atoms with Gasteiger partial charge in [-0.1, -0.05) is 92.7 Å². The van der Waals surface area contributed by atoms with Crippen molar-refractivity contribution in [2.75, 3.05) is 0 Å². The van der Waals surface area contributed by atoms with Gasteiger partial charge >= 0.3 is 0 Å². The largest absolute Gasteiger partial charge is 0.449 e. The summed E-state index contributed by atoms with van der Waals surface area (Å²) in [6.07, 6.45) is 6.67. The minimum absolute atomic E-state index is 0.0416. The molecular formula is C34H29NO2. The maximum Gasteiger partial charge on any atom is 0.177 e. The molecule has 7 rings (SSSR count). The Bertz CT molecular complexity index is 1610. The lowest BCUT2D eigenvalue weighted by atomic mass is 9.80. The highest BCUT2D eigenvalue weighted by atomic mass is 16.6. The van der Waals surface area contributed by atoms with E-state index in [2.05, 4.69) is 80.6 Å². The molecule has 2 N–H and O–H groups in total. The van der Waals surface area contributed by atoms with Gasteiger partial charge in [0.2, 0.25) is 0 Å². The Kier molecular flexibility index (Phi) is 4.92. The summed E-state index contributed by atoms with van der Waals surface area (Å²) in [6.45, 7) is 4.61. The van der Waals surface area contributed by atoms with E-state index in [0.717, 1.165) is 58.1 Å². The molecule has 0 fully saturated rings. The molecule has 3 aliphatic rings. The van der Waals surface area contributed by atoms with Crippen molar-refractivity contribution in [3.8, 4) is 34.1 Å². The molecule has 1 heterocycles. The number of ether oxygens (including phenoxy) is 2. The summed E-state index contributed by atoms with van der Waals surface area (Å²) in [5.74, 6) is 3.11. The lowest BCUT2D eigenvalue weighted by Crippen LogP contribution is -2.16. The van der Waals surface area contributed by atoms with E-state index in [4.69, 9.17) is 15.2 Å². The third kappa shape index (κ3) is 3.38. The number of benzene rings is 4. The van der Waals surface area contributed by atoms with Crippen LogP contribution in [0.1, 0.15) is 55.0 Å². The Labute approximate surface area is 217 Å². The standard InChI is InChI=1S/C34H29NO2/c1-34(2)26-16-7-6-14-25(26)30-27(34)18-19-29-33(30)37-28-17-9-15-24(32(28)36-29)22-12-8-13-23(20-22)31(35)21-10-4-3-5-11-21/h3-5,7-13,15-20,31H,6,14,35H2,1-2H3. The van der Waals surface area contributed by atoms with Crippen LogP contribution in [0.4, 0.5) is 0 Å². The quantitative estimate of drug-likeness (QED) is 0.279. The van der Waals surface area contributed by atoms with Crippen molar-refractivity contribution < 1.29 is 9.47 Å². The molecule has 1 atom stereocenters. The molecule has 1 unspecified atom stereocenters. The van der Waals surface area contributed by atoms with Gasteiger partial charge in [-0.15, -0.1) is 0 Å². The zero-order chi connectivity index (χ0) is 25.1. The van der Waals surface area contributed by atoms with Crippen molar-refractivity contribution in [2.45, 2.75) is 38.1 Å². The predicted octanol–water partition coefficient (Wildman–Crippen LogP) is 8.69. The number of para-hydroxylation sites is 1. The lowest BCUT2D eigenvalue weighted by molar-refractivity contribution is 0.359. The number of nitrogens with two attached hydrogens (primary N) is 1. The van der Waals surface area contributed by atoms with E-state index in [1.165, 1.54) is 22.3 Å². The van der Waals surface area contributed by atoms with E-state index in [0.29, 0.717) is 0 Å². The topological polar surface area (TPSA) is 44.5 Å². The molecule has 3 heteroatoms. The van der Waals surface area contributed by atoms with Crippen LogP contribution in [0.5, 0.6) is 23.0 Å². The third-order valence-electron chi connectivity index (χ3n) is 8.06. The minimum atomic E-state index is -0.198. The number of allylic oxidation sites excluding steroid dienone is 4. The molecule has 0 aromatic heterocycles. The van der Waals surface area contributed by atoms with E-state index in [9.17, 15) is 0 Å². The second-order valence-corrected chi connectivity index (χ2v) is 10.6. The number of hydrogen-bond donors (Lipinski definition) is 1. The lowest BCUT2D eigenvalue weighted by Gasteiger charge is -2.27. The first-order valence-corrected chi connectivity index (χ1v) is 13.0. The number of hydrogen-bond acceptors (Lipinski definition) is 3. The Morgan fingerprint density at radius 3 is 2.41 bits per heavy atom. The second kappa shape index (κ2) is 8.22. The number of fused-ring (bicyclic) bond motifs is 5. The van der Waals surface area contributed by atoms with Gasteiger partial charge in [0.15, 0.2) is 23.0 Å². The summed E-state index contributed by atoms with van der Waals surface area (Å²) in [4.78, 5) is 0. The van der Waals surface area contributed by atoms with Gasteiger partial charge in [0.1, 0.15) is 0 Å². The molecule has 0 bridgehead atoms. The fourth-order valence-corrected chi connectivity index (χ4v) is 6.12. The summed E-state index contributed by atoms with van der Waals surface area (Å²) >= 11 is 0. The highest BCUT2D eigenvalue weighted by Crippen LogP contribution is 2.59. The molecule has 3 nitrogen and oxygen atoms in total. The van der Waals surface area contributed by atoms with E-state index < -0.39 is 0 Å². The van der Waals surface area contributed by atoms with Crippen molar-refractivity contribution in [1.29, 1.82) is 0 Å². The molecule has 0 saturated heterocycles. The fourth-order valence-electron chi connectivity index (χ4n) is 6.12. The van der Waals surface area contributed by atoms with Gasteiger partial charge in [0.05, 0.1) is 6.04 Å². The zero-order valence-corrected chi connectivity index (χ0v) is 21.1. The maximum absolute atomic E-state index is 6.66. The van der Waals surface area contributed by atoms with Crippen LogP contribution < -0.4 is 15.2 Å². The van der Waals surface area contributed by atoms with Crippen LogP contribution in [0.15, 0.2) is 103 Å². The molecule has 182 valence electrons. The Hall–Kier alpha value is -4.08. The van der Waals surface area contributed by atoms with Gasteiger partial charge in [-0.2, -0.15) is 0 Å². The first-order valence-electron chi connectivity index (χ1n) is 13.0. The molecule has 0 radical (unpaired) electrons. The Balaban J connectivity index is 1.30. The van der Waals surface area contributed by atoms with Gasteiger partial charge in [0.25, 0.3) is 0 Å². The van der Waals surface area contributed by atoms with Crippen LogP contribution in [0.2, 0.25) is 0 Å². The van der Waals surface area contributed by atoms with Gasteiger partial charge in [-0.25, -0.2) is 0 Å². The fraction of sp³-hybridized carbons (Fsp3) is 0.176. The van der Waals surface area contributed by atoms with Gasteiger partial charge < -0.3 is 15.2 Å². The molecule has 0 amide bonds. The normalized spacial score (nSPS) is 17.2. The van der Waals surface area contributed by atoms with Gasteiger partial charge in [-0.3, -0.25) is 0 Å². The number of rotatable bonds is 3. The monoisotopic (exact) mass is 483 g/mol. The average molecular weight is 484 g/mol. The summed E-state index contributed by atoms with van der Waals surface area (Å²) < 4.78 is 13.3. The van der Waals surface area contributed by atoms with Crippen LogP contribution in [-0.4, -0.2) is 0 Å². The molecule has 1 aliphatic heterocycles. The summed E-state index contributed by atoms with van der Waals surface area (Å²) in [6, 6.07) is 28.8. The molecule has 4 aromatic carbocycles. The van der Waals surface area contributed by atoms with Crippen LogP contribution in [0, 0.1) is 0 Å². The molecular weight excluding hydrogens is 454 g/mol. The van der Waals surface area contributed by atoms with E-state index in [1.54, 1.807) is 0 Å². The van der Waals surface area contributed by atoms with Gasteiger partial charge in [-0.05, 0) is 64.4 Å². The third-order valence-corrected chi connectivity index (χ3v) is 8.06. The van der Waals surface area contributed by atoms with Crippen LogP contribution in [0.25, 0.3) is 16.7 Å². The molecule has 0 saturated carbocycles. The summed E-state index contributed by atoms with van der Waals surface area (Å²) in [5.41, 5.74) is 16.1. The predicted molar refractivity (Wildman–Crippen MR) is 149 cm³/mol.